The van der Waals surface area contributed by atoms with Crippen LogP contribution in [0.3, 0.4) is 0 Å². The van der Waals surface area contributed by atoms with E-state index in [4.69, 9.17) is 14.2 Å². The topological polar surface area (TPSA) is 85.3 Å². The van der Waals surface area contributed by atoms with Crippen LogP contribution in [0.15, 0.2) is 24.3 Å². The number of amides is 1. The van der Waals surface area contributed by atoms with Crippen LogP contribution < -0.4 is 9.47 Å². The van der Waals surface area contributed by atoms with Gasteiger partial charge in [0.1, 0.15) is 11.5 Å². The zero-order valence-electron chi connectivity index (χ0n) is 15.6. The lowest BCUT2D eigenvalue weighted by Gasteiger charge is -2.35. The van der Waals surface area contributed by atoms with Crippen molar-refractivity contribution in [2.75, 3.05) is 32.9 Å². The number of piperidine rings is 1. The van der Waals surface area contributed by atoms with Crippen molar-refractivity contribution in [3.05, 3.63) is 24.3 Å². The lowest BCUT2D eigenvalue weighted by atomic mass is 9.84. The number of carbonyl (C=O) groups excluding carboxylic acids is 1. The lowest BCUT2D eigenvalue weighted by Crippen LogP contribution is -2.44. The molecule has 1 unspecified atom stereocenters. The van der Waals surface area contributed by atoms with Crippen molar-refractivity contribution < 1.29 is 28.9 Å². The number of carboxylic acids is 1. The third-order valence-electron chi connectivity index (χ3n) is 5.31. The number of benzene rings is 1. The first-order valence-corrected chi connectivity index (χ1v) is 9.56. The van der Waals surface area contributed by atoms with E-state index in [0.29, 0.717) is 38.5 Å². The largest absolute Gasteiger partial charge is 0.494 e. The number of likely N-dealkylation sites (tertiary alicyclic amines) is 1. The molecular formula is C20H27NO6. The Morgan fingerprint density at radius 2 is 1.74 bits per heavy atom. The van der Waals surface area contributed by atoms with Crippen LogP contribution in [0.2, 0.25) is 0 Å². The second-order valence-electron chi connectivity index (χ2n) is 6.98. The van der Waals surface area contributed by atoms with E-state index in [9.17, 15) is 14.7 Å². The highest BCUT2D eigenvalue weighted by Gasteiger charge is 2.40. The van der Waals surface area contributed by atoms with E-state index in [1.807, 2.05) is 19.1 Å². The third-order valence-corrected chi connectivity index (χ3v) is 5.31. The van der Waals surface area contributed by atoms with E-state index in [2.05, 4.69) is 0 Å². The average Bonchev–Trinajstić information content (AvgIpc) is 3.18. The Balaban J connectivity index is 1.44. The van der Waals surface area contributed by atoms with Gasteiger partial charge in [-0.1, -0.05) is 0 Å². The van der Waals surface area contributed by atoms with E-state index >= 15 is 0 Å². The summed E-state index contributed by atoms with van der Waals surface area (Å²) >= 11 is 0. The molecule has 0 spiro atoms. The van der Waals surface area contributed by atoms with Gasteiger partial charge in [0.05, 0.1) is 18.6 Å². The number of ether oxygens (including phenoxy) is 3. The molecule has 1 aromatic carbocycles. The zero-order valence-corrected chi connectivity index (χ0v) is 15.6. The van der Waals surface area contributed by atoms with Crippen LogP contribution in [0, 0.1) is 11.8 Å². The fourth-order valence-electron chi connectivity index (χ4n) is 3.85. The minimum absolute atomic E-state index is 0.00364. The van der Waals surface area contributed by atoms with Gasteiger partial charge in [0.2, 0.25) is 0 Å². The molecule has 0 saturated carbocycles. The molecule has 2 aliphatic heterocycles. The monoisotopic (exact) mass is 377 g/mol. The summed E-state index contributed by atoms with van der Waals surface area (Å²) in [6.07, 6.45) is 1.89. The van der Waals surface area contributed by atoms with Gasteiger partial charge in [0.15, 0.2) is 6.61 Å². The van der Waals surface area contributed by atoms with Gasteiger partial charge in [0, 0.05) is 19.7 Å². The van der Waals surface area contributed by atoms with E-state index < -0.39 is 11.9 Å². The molecule has 27 heavy (non-hydrogen) atoms. The van der Waals surface area contributed by atoms with Crippen LogP contribution >= 0.6 is 0 Å². The number of hydrogen-bond donors (Lipinski definition) is 1. The third kappa shape index (κ3) is 4.91. The molecule has 148 valence electrons. The maximum Gasteiger partial charge on any atom is 0.309 e. The fraction of sp³-hybridized carbons (Fsp3) is 0.600. The highest BCUT2D eigenvalue weighted by molar-refractivity contribution is 5.78. The molecule has 0 radical (unpaired) electrons. The van der Waals surface area contributed by atoms with Gasteiger partial charge in [0.25, 0.3) is 5.91 Å². The second-order valence-corrected chi connectivity index (χ2v) is 6.98. The van der Waals surface area contributed by atoms with E-state index in [0.717, 1.165) is 18.6 Å². The molecule has 3 rings (SSSR count). The summed E-state index contributed by atoms with van der Waals surface area (Å²) in [7, 11) is 0. The highest BCUT2D eigenvalue weighted by Crippen LogP contribution is 2.33. The van der Waals surface area contributed by atoms with Crippen LogP contribution in [-0.4, -0.2) is 60.9 Å². The van der Waals surface area contributed by atoms with Gasteiger partial charge < -0.3 is 24.2 Å². The maximum atomic E-state index is 12.4. The summed E-state index contributed by atoms with van der Waals surface area (Å²) < 4.78 is 16.6. The smallest absolute Gasteiger partial charge is 0.309 e. The molecule has 1 amide bonds. The van der Waals surface area contributed by atoms with Gasteiger partial charge in [-0.2, -0.15) is 0 Å². The number of hydrogen-bond acceptors (Lipinski definition) is 5. The quantitative estimate of drug-likeness (QED) is 0.784. The number of carboxylic acid groups (broad SMARTS) is 1. The molecule has 2 saturated heterocycles. The maximum absolute atomic E-state index is 12.4. The van der Waals surface area contributed by atoms with Gasteiger partial charge in [-0.25, -0.2) is 0 Å². The summed E-state index contributed by atoms with van der Waals surface area (Å²) in [6, 6.07) is 7.20. The molecular weight excluding hydrogens is 350 g/mol. The zero-order chi connectivity index (χ0) is 19.2. The molecule has 7 nitrogen and oxygen atoms in total. The average molecular weight is 377 g/mol. The van der Waals surface area contributed by atoms with Gasteiger partial charge in [-0.3, -0.25) is 9.59 Å². The van der Waals surface area contributed by atoms with Crippen molar-refractivity contribution in [3.63, 3.8) is 0 Å². The Morgan fingerprint density at radius 1 is 1.11 bits per heavy atom. The molecule has 1 N–H and O–H groups in total. The Kier molecular flexibility index (Phi) is 6.55. The summed E-state index contributed by atoms with van der Waals surface area (Å²) in [5, 5.41) is 9.31. The van der Waals surface area contributed by atoms with Crippen LogP contribution in [0.1, 0.15) is 26.2 Å². The SMILES string of the molecule is CCOc1ccc(OCC(=O)N2CCC([C@@H]3OCCC3C(=O)O)CC2)cc1. The predicted octanol–water partition coefficient (Wildman–Crippen LogP) is 2.19. The number of rotatable bonds is 7. The van der Waals surface area contributed by atoms with E-state index in [1.54, 1.807) is 17.0 Å². The van der Waals surface area contributed by atoms with Gasteiger partial charge in [-0.15, -0.1) is 0 Å². The summed E-state index contributed by atoms with van der Waals surface area (Å²) in [6.45, 7) is 4.26. The number of aliphatic carboxylic acids is 1. The molecule has 2 heterocycles. The van der Waals surface area contributed by atoms with Crippen molar-refractivity contribution in [3.8, 4) is 11.5 Å². The summed E-state index contributed by atoms with van der Waals surface area (Å²) in [4.78, 5) is 25.5. The minimum atomic E-state index is -0.778. The lowest BCUT2D eigenvalue weighted by molar-refractivity contribution is -0.146. The predicted molar refractivity (Wildman–Crippen MR) is 97.9 cm³/mol. The fourth-order valence-corrected chi connectivity index (χ4v) is 3.85. The molecule has 0 bridgehead atoms. The van der Waals surface area contributed by atoms with Crippen molar-refractivity contribution in [2.24, 2.45) is 11.8 Å². The van der Waals surface area contributed by atoms with Crippen LogP contribution in [-0.2, 0) is 14.3 Å². The molecule has 7 heteroatoms. The normalized spacial score (nSPS) is 23.2. The first kappa shape index (κ1) is 19.5. The molecule has 0 aromatic heterocycles. The summed E-state index contributed by atoms with van der Waals surface area (Å²) in [5.74, 6) is 0.353. The molecule has 1 aromatic rings. The Hall–Kier alpha value is -2.28. The molecule has 2 atom stereocenters. The van der Waals surface area contributed by atoms with Crippen molar-refractivity contribution in [1.82, 2.24) is 4.90 Å². The molecule has 0 aliphatic carbocycles. The van der Waals surface area contributed by atoms with Crippen molar-refractivity contribution >= 4 is 11.9 Å². The number of carbonyl (C=O) groups is 2. The highest BCUT2D eigenvalue weighted by atomic mass is 16.5. The van der Waals surface area contributed by atoms with Gasteiger partial charge in [-0.05, 0) is 56.4 Å². The Morgan fingerprint density at radius 3 is 2.33 bits per heavy atom. The van der Waals surface area contributed by atoms with Crippen molar-refractivity contribution in [2.45, 2.75) is 32.3 Å². The first-order valence-electron chi connectivity index (χ1n) is 9.56. The van der Waals surface area contributed by atoms with Gasteiger partial charge >= 0.3 is 5.97 Å². The molecule has 2 fully saturated rings. The van der Waals surface area contributed by atoms with Crippen molar-refractivity contribution in [1.29, 1.82) is 0 Å². The molecule has 2 aliphatic rings. The second kappa shape index (κ2) is 9.08. The summed E-state index contributed by atoms with van der Waals surface area (Å²) in [5.41, 5.74) is 0. The Bertz CT molecular complexity index is 638. The van der Waals surface area contributed by atoms with Crippen LogP contribution in [0.25, 0.3) is 0 Å². The minimum Gasteiger partial charge on any atom is -0.494 e. The standard InChI is InChI=1S/C20H27NO6/c1-2-25-15-3-5-16(6-4-15)27-13-18(22)21-10-7-14(8-11-21)19-17(20(23)24)9-12-26-19/h3-6,14,17,19H,2,7-13H2,1H3,(H,23,24)/t17?,19-/m0/s1. The van der Waals surface area contributed by atoms with E-state index in [-0.39, 0.29) is 24.5 Å². The van der Waals surface area contributed by atoms with Crippen LogP contribution in [0.4, 0.5) is 0 Å². The Labute approximate surface area is 159 Å². The van der Waals surface area contributed by atoms with Crippen LogP contribution in [0.5, 0.6) is 11.5 Å². The first-order chi connectivity index (χ1) is 13.1. The van der Waals surface area contributed by atoms with E-state index in [1.165, 1.54) is 0 Å². The number of nitrogens with zero attached hydrogens (tertiary/aromatic N) is 1.